The standard InChI is InChI=1S/C14H28N2O2S/c1-13-12-19(17,18)11-10-16(13)9-8-14(15-2)6-4-3-5-7-14/h13,15H,3-12H2,1-2H3. The third kappa shape index (κ3) is 3.92. The number of nitrogens with one attached hydrogen (secondary N) is 1. The summed E-state index contributed by atoms with van der Waals surface area (Å²) in [6, 6.07) is 0.177. The van der Waals surface area contributed by atoms with Gasteiger partial charge in [-0.3, -0.25) is 4.90 Å². The first-order chi connectivity index (χ1) is 8.96. The Balaban J connectivity index is 1.87. The summed E-state index contributed by atoms with van der Waals surface area (Å²) in [5.74, 6) is 0.670. The van der Waals surface area contributed by atoms with E-state index in [1.54, 1.807) is 0 Å². The van der Waals surface area contributed by atoms with Crippen molar-refractivity contribution in [2.24, 2.45) is 0 Å². The summed E-state index contributed by atoms with van der Waals surface area (Å²) in [5, 5.41) is 3.54. The SMILES string of the molecule is CNC1(CCN2CCS(=O)(=O)CC2C)CCCCC1. The van der Waals surface area contributed by atoms with Crippen LogP contribution in [0.1, 0.15) is 45.4 Å². The average molecular weight is 288 g/mol. The minimum atomic E-state index is -2.79. The minimum Gasteiger partial charge on any atom is -0.314 e. The number of sulfone groups is 1. The van der Waals surface area contributed by atoms with Gasteiger partial charge in [-0.05, 0) is 33.2 Å². The van der Waals surface area contributed by atoms with E-state index in [2.05, 4.69) is 17.3 Å². The van der Waals surface area contributed by atoms with Gasteiger partial charge in [0.25, 0.3) is 0 Å². The van der Waals surface area contributed by atoms with Gasteiger partial charge in [-0.25, -0.2) is 8.42 Å². The van der Waals surface area contributed by atoms with Crippen molar-refractivity contribution in [3.63, 3.8) is 0 Å². The lowest BCUT2D eigenvalue weighted by Crippen LogP contribution is -2.51. The zero-order chi connectivity index (χ0) is 13.9. The third-order valence-electron chi connectivity index (χ3n) is 5.03. The highest BCUT2D eigenvalue weighted by atomic mass is 32.2. The Hall–Kier alpha value is -0.130. The molecule has 4 nitrogen and oxygen atoms in total. The highest BCUT2D eigenvalue weighted by Crippen LogP contribution is 2.31. The van der Waals surface area contributed by atoms with Crippen molar-refractivity contribution < 1.29 is 8.42 Å². The van der Waals surface area contributed by atoms with E-state index >= 15 is 0 Å². The fraction of sp³-hybridized carbons (Fsp3) is 1.00. The Labute approximate surface area is 117 Å². The van der Waals surface area contributed by atoms with Crippen LogP contribution in [0.25, 0.3) is 0 Å². The highest BCUT2D eigenvalue weighted by Gasteiger charge is 2.33. The maximum atomic E-state index is 11.6. The van der Waals surface area contributed by atoms with Crippen molar-refractivity contribution in [1.82, 2.24) is 10.2 Å². The third-order valence-corrected chi connectivity index (χ3v) is 6.82. The van der Waals surface area contributed by atoms with Crippen molar-refractivity contribution >= 4 is 9.84 Å². The van der Waals surface area contributed by atoms with Gasteiger partial charge in [-0.15, -0.1) is 0 Å². The van der Waals surface area contributed by atoms with Gasteiger partial charge in [0, 0.05) is 24.7 Å². The van der Waals surface area contributed by atoms with Gasteiger partial charge in [0.1, 0.15) is 0 Å². The molecule has 1 saturated heterocycles. The Morgan fingerprint density at radius 3 is 2.53 bits per heavy atom. The van der Waals surface area contributed by atoms with Gasteiger partial charge in [0.15, 0.2) is 9.84 Å². The van der Waals surface area contributed by atoms with Crippen molar-refractivity contribution in [3.05, 3.63) is 0 Å². The van der Waals surface area contributed by atoms with Crippen LogP contribution >= 0.6 is 0 Å². The van der Waals surface area contributed by atoms with Crippen molar-refractivity contribution in [1.29, 1.82) is 0 Å². The van der Waals surface area contributed by atoms with E-state index in [4.69, 9.17) is 0 Å². The van der Waals surface area contributed by atoms with Crippen LogP contribution < -0.4 is 5.32 Å². The van der Waals surface area contributed by atoms with E-state index in [-0.39, 0.29) is 6.04 Å². The minimum absolute atomic E-state index is 0.177. The van der Waals surface area contributed by atoms with Gasteiger partial charge < -0.3 is 5.32 Å². The van der Waals surface area contributed by atoms with E-state index in [1.807, 2.05) is 6.92 Å². The molecular weight excluding hydrogens is 260 g/mol. The summed E-state index contributed by atoms with van der Waals surface area (Å²) in [4.78, 5) is 2.36. The highest BCUT2D eigenvalue weighted by molar-refractivity contribution is 7.91. The summed E-state index contributed by atoms with van der Waals surface area (Å²) >= 11 is 0. The number of hydrogen-bond donors (Lipinski definition) is 1. The molecular formula is C14H28N2O2S. The molecule has 1 N–H and O–H groups in total. The van der Waals surface area contributed by atoms with Crippen LogP contribution in [0.2, 0.25) is 0 Å². The van der Waals surface area contributed by atoms with Gasteiger partial charge in [-0.1, -0.05) is 19.3 Å². The topological polar surface area (TPSA) is 49.4 Å². The predicted molar refractivity (Wildman–Crippen MR) is 79.2 cm³/mol. The Kier molecular flexibility index (Phi) is 4.90. The molecule has 0 aromatic carbocycles. The molecule has 0 aromatic heterocycles. The van der Waals surface area contributed by atoms with Gasteiger partial charge in [0.2, 0.25) is 0 Å². The summed E-state index contributed by atoms with van der Waals surface area (Å²) in [7, 11) is -0.707. The number of hydrogen-bond acceptors (Lipinski definition) is 4. The van der Waals surface area contributed by atoms with E-state index in [1.165, 1.54) is 32.1 Å². The Bertz CT molecular complexity index is 388. The van der Waals surface area contributed by atoms with E-state index in [9.17, 15) is 8.42 Å². The molecule has 0 bridgehead atoms. The predicted octanol–water partition coefficient (Wildman–Crippen LogP) is 1.42. The van der Waals surface area contributed by atoms with Crippen LogP contribution in [-0.4, -0.2) is 56.5 Å². The number of nitrogens with zero attached hydrogens (tertiary/aromatic N) is 1. The second kappa shape index (κ2) is 6.10. The molecule has 112 valence electrons. The van der Waals surface area contributed by atoms with E-state index in [0.29, 0.717) is 23.6 Å². The molecule has 2 aliphatic rings. The van der Waals surface area contributed by atoms with Crippen LogP contribution in [0.3, 0.4) is 0 Å². The van der Waals surface area contributed by atoms with E-state index < -0.39 is 9.84 Å². The Morgan fingerprint density at radius 1 is 1.26 bits per heavy atom. The zero-order valence-corrected chi connectivity index (χ0v) is 13.1. The fourth-order valence-electron chi connectivity index (χ4n) is 3.58. The summed E-state index contributed by atoms with van der Waals surface area (Å²) in [6.45, 7) is 3.78. The van der Waals surface area contributed by atoms with Crippen molar-refractivity contribution in [2.45, 2.75) is 57.0 Å². The van der Waals surface area contributed by atoms with Crippen LogP contribution in [0.4, 0.5) is 0 Å². The molecule has 1 saturated carbocycles. The fourth-order valence-corrected chi connectivity index (χ4v) is 5.20. The largest absolute Gasteiger partial charge is 0.314 e. The molecule has 1 heterocycles. The molecule has 1 aliphatic carbocycles. The van der Waals surface area contributed by atoms with Crippen LogP contribution in [0.5, 0.6) is 0 Å². The van der Waals surface area contributed by atoms with Crippen molar-refractivity contribution in [2.75, 3.05) is 31.6 Å². The molecule has 5 heteroatoms. The maximum absolute atomic E-state index is 11.6. The lowest BCUT2D eigenvalue weighted by Gasteiger charge is -2.41. The van der Waals surface area contributed by atoms with Gasteiger partial charge >= 0.3 is 0 Å². The normalized spacial score (nSPS) is 31.2. The molecule has 19 heavy (non-hydrogen) atoms. The molecule has 1 unspecified atom stereocenters. The van der Waals surface area contributed by atoms with Gasteiger partial charge in [-0.2, -0.15) is 0 Å². The first-order valence-electron chi connectivity index (χ1n) is 7.60. The van der Waals surface area contributed by atoms with Crippen molar-refractivity contribution in [3.8, 4) is 0 Å². The Morgan fingerprint density at radius 2 is 1.95 bits per heavy atom. The zero-order valence-electron chi connectivity index (χ0n) is 12.3. The van der Waals surface area contributed by atoms with Crippen LogP contribution in [0, 0.1) is 0 Å². The second-order valence-electron chi connectivity index (χ2n) is 6.34. The van der Waals surface area contributed by atoms with Gasteiger partial charge in [0.05, 0.1) is 11.5 Å². The monoisotopic (exact) mass is 288 g/mol. The summed E-state index contributed by atoms with van der Waals surface area (Å²) < 4.78 is 23.2. The molecule has 2 fully saturated rings. The van der Waals surface area contributed by atoms with E-state index in [0.717, 1.165) is 13.0 Å². The lowest BCUT2D eigenvalue weighted by atomic mass is 9.79. The summed E-state index contributed by atoms with van der Waals surface area (Å²) in [5.41, 5.74) is 0.300. The molecule has 0 radical (unpaired) electrons. The first kappa shape index (κ1) is 15.3. The molecule has 0 spiro atoms. The molecule has 1 aliphatic heterocycles. The van der Waals surface area contributed by atoms with Crippen LogP contribution in [0.15, 0.2) is 0 Å². The summed E-state index contributed by atoms with van der Waals surface area (Å²) in [6.07, 6.45) is 7.69. The quantitative estimate of drug-likeness (QED) is 0.850. The van der Waals surface area contributed by atoms with Crippen LogP contribution in [-0.2, 0) is 9.84 Å². The molecule has 0 amide bonds. The maximum Gasteiger partial charge on any atom is 0.153 e. The molecule has 1 atom stereocenters. The lowest BCUT2D eigenvalue weighted by molar-refractivity contribution is 0.163. The second-order valence-corrected chi connectivity index (χ2v) is 8.57. The smallest absolute Gasteiger partial charge is 0.153 e. The first-order valence-corrected chi connectivity index (χ1v) is 9.42. The number of rotatable bonds is 4. The average Bonchev–Trinajstić information content (AvgIpc) is 2.38. The molecule has 2 rings (SSSR count). The molecule has 0 aromatic rings.